The minimum atomic E-state index is -0.394. The SMILES string of the molecule is CCN(CCC(=O)Nc1ccc(C(=O)OC)cc1)c1ccccc1. The Hall–Kier alpha value is -2.82. The molecular weight excluding hydrogens is 304 g/mol. The van der Waals surface area contributed by atoms with E-state index in [4.69, 9.17) is 0 Å². The normalized spacial score (nSPS) is 10.1. The summed E-state index contributed by atoms with van der Waals surface area (Å²) in [4.78, 5) is 25.6. The Morgan fingerprint density at radius 1 is 1.04 bits per heavy atom. The Bertz CT molecular complexity index is 669. The molecule has 0 radical (unpaired) electrons. The number of amides is 1. The Morgan fingerprint density at radius 2 is 1.71 bits per heavy atom. The Balaban J connectivity index is 1.87. The molecule has 0 fully saturated rings. The van der Waals surface area contributed by atoms with Gasteiger partial charge < -0.3 is 15.0 Å². The van der Waals surface area contributed by atoms with Crippen molar-refractivity contribution in [1.29, 1.82) is 0 Å². The van der Waals surface area contributed by atoms with Crippen molar-refractivity contribution in [3.8, 4) is 0 Å². The topological polar surface area (TPSA) is 58.6 Å². The van der Waals surface area contributed by atoms with Gasteiger partial charge in [-0.1, -0.05) is 18.2 Å². The summed E-state index contributed by atoms with van der Waals surface area (Å²) < 4.78 is 4.64. The van der Waals surface area contributed by atoms with Crippen LogP contribution in [0.5, 0.6) is 0 Å². The first-order chi connectivity index (χ1) is 11.6. The number of rotatable bonds is 7. The first-order valence-electron chi connectivity index (χ1n) is 7.92. The lowest BCUT2D eigenvalue weighted by Gasteiger charge is -2.22. The van der Waals surface area contributed by atoms with Crippen LogP contribution in [-0.2, 0) is 9.53 Å². The van der Waals surface area contributed by atoms with Crippen LogP contribution in [0.25, 0.3) is 0 Å². The van der Waals surface area contributed by atoms with Crippen LogP contribution in [0.4, 0.5) is 11.4 Å². The molecule has 0 saturated carbocycles. The van der Waals surface area contributed by atoms with Crippen LogP contribution in [0.1, 0.15) is 23.7 Å². The molecule has 2 aromatic rings. The zero-order valence-electron chi connectivity index (χ0n) is 14.0. The molecule has 0 aliphatic carbocycles. The molecular formula is C19H22N2O3. The molecule has 1 N–H and O–H groups in total. The zero-order valence-corrected chi connectivity index (χ0v) is 14.0. The summed E-state index contributed by atoms with van der Waals surface area (Å²) in [6, 6.07) is 16.7. The van der Waals surface area contributed by atoms with Gasteiger partial charge in [0.05, 0.1) is 12.7 Å². The van der Waals surface area contributed by atoms with Gasteiger partial charge in [0, 0.05) is 30.9 Å². The molecule has 24 heavy (non-hydrogen) atoms. The molecule has 2 rings (SSSR count). The molecule has 126 valence electrons. The van der Waals surface area contributed by atoms with Gasteiger partial charge in [-0.25, -0.2) is 4.79 Å². The van der Waals surface area contributed by atoms with E-state index < -0.39 is 5.97 Å². The van der Waals surface area contributed by atoms with Crippen LogP contribution in [0.3, 0.4) is 0 Å². The van der Waals surface area contributed by atoms with Crippen molar-refractivity contribution in [3.63, 3.8) is 0 Å². The largest absolute Gasteiger partial charge is 0.465 e. The average molecular weight is 326 g/mol. The molecule has 0 heterocycles. The predicted molar refractivity (Wildman–Crippen MR) is 95.4 cm³/mol. The van der Waals surface area contributed by atoms with Gasteiger partial charge >= 0.3 is 5.97 Å². The number of nitrogens with one attached hydrogen (secondary N) is 1. The molecule has 0 atom stereocenters. The van der Waals surface area contributed by atoms with Gasteiger partial charge in [0.15, 0.2) is 0 Å². The van der Waals surface area contributed by atoms with Crippen molar-refractivity contribution in [2.45, 2.75) is 13.3 Å². The van der Waals surface area contributed by atoms with Gasteiger partial charge in [0.2, 0.25) is 5.91 Å². The van der Waals surface area contributed by atoms with Crippen molar-refractivity contribution in [2.24, 2.45) is 0 Å². The third kappa shape index (κ3) is 4.84. The van der Waals surface area contributed by atoms with Gasteiger partial charge in [-0.05, 0) is 43.3 Å². The Morgan fingerprint density at radius 3 is 2.29 bits per heavy atom. The summed E-state index contributed by atoms with van der Waals surface area (Å²) in [6.07, 6.45) is 0.390. The van der Waals surface area contributed by atoms with Crippen LogP contribution in [0, 0.1) is 0 Å². The molecule has 0 aromatic heterocycles. The van der Waals surface area contributed by atoms with Crippen molar-refractivity contribution < 1.29 is 14.3 Å². The minimum absolute atomic E-state index is 0.0600. The fourth-order valence-electron chi connectivity index (χ4n) is 2.38. The summed E-state index contributed by atoms with van der Waals surface area (Å²) >= 11 is 0. The van der Waals surface area contributed by atoms with Crippen LogP contribution in [0.15, 0.2) is 54.6 Å². The summed E-state index contributed by atoms with van der Waals surface area (Å²) in [5.41, 5.74) is 2.22. The lowest BCUT2D eigenvalue weighted by molar-refractivity contribution is -0.116. The second-order valence-corrected chi connectivity index (χ2v) is 5.28. The van der Waals surface area contributed by atoms with Crippen molar-refractivity contribution in [1.82, 2.24) is 0 Å². The maximum Gasteiger partial charge on any atom is 0.337 e. The highest BCUT2D eigenvalue weighted by molar-refractivity contribution is 5.93. The number of ether oxygens (including phenoxy) is 1. The van der Waals surface area contributed by atoms with Crippen LogP contribution < -0.4 is 10.2 Å². The van der Waals surface area contributed by atoms with Gasteiger partial charge in [0.25, 0.3) is 0 Å². The fourth-order valence-corrected chi connectivity index (χ4v) is 2.38. The Labute approximate surface area is 142 Å². The first kappa shape index (κ1) is 17.5. The molecule has 0 unspecified atom stereocenters. The predicted octanol–water partition coefficient (Wildman–Crippen LogP) is 3.33. The van der Waals surface area contributed by atoms with E-state index >= 15 is 0 Å². The van der Waals surface area contributed by atoms with Gasteiger partial charge in [-0.2, -0.15) is 0 Å². The maximum atomic E-state index is 12.1. The highest BCUT2D eigenvalue weighted by atomic mass is 16.5. The van der Waals surface area contributed by atoms with Crippen molar-refractivity contribution in [2.75, 3.05) is 30.4 Å². The molecule has 0 saturated heterocycles. The van der Waals surface area contributed by atoms with Crippen molar-refractivity contribution in [3.05, 3.63) is 60.2 Å². The molecule has 1 amide bonds. The second kappa shape index (κ2) is 8.72. The minimum Gasteiger partial charge on any atom is -0.465 e. The maximum absolute atomic E-state index is 12.1. The van der Waals surface area contributed by atoms with E-state index in [1.165, 1.54) is 7.11 Å². The number of nitrogens with zero attached hydrogens (tertiary/aromatic N) is 1. The molecule has 0 spiro atoms. The summed E-state index contributed by atoms with van der Waals surface area (Å²) in [7, 11) is 1.34. The summed E-state index contributed by atoms with van der Waals surface area (Å²) in [5, 5.41) is 2.84. The van der Waals surface area contributed by atoms with E-state index in [0.717, 1.165) is 12.2 Å². The van der Waals surface area contributed by atoms with Crippen LogP contribution in [-0.4, -0.2) is 32.1 Å². The number of hydrogen-bond donors (Lipinski definition) is 1. The van der Waals surface area contributed by atoms with Crippen LogP contribution >= 0.6 is 0 Å². The second-order valence-electron chi connectivity index (χ2n) is 5.28. The summed E-state index contributed by atoms with van der Waals surface area (Å²) in [5.74, 6) is -0.454. The van der Waals surface area contributed by atoms with Gasteiger partial charge in [-0.3, -0.25) is 4.79 Å². The number of carbonyl (C=O) groups is 2. The van der Waals surface area contributed by atoms with E-state index in [-0.39, 0.29) is 5.91 Å². The number of hydrogen-bond acceptors (Lipinski definition) is 4. The highest BCUT2D eigenvalue weighted by Gasteiger charge is 2.09. The standard InChI is InChI=1S/C19H22N2O3/c1-3-21(17-7-5-4-6-8-17)14-13-18(22)20-16-11-9-15(10-12-16)19(23)24-2/h4-12H,3,13-14H2,1-2H3,(H,20,22). The lowest BCUT2D eigenvalue weighted by atomic mass is 10.2. The first-order valence-corrected chi connectivity index (χ1v) is 7.92. The number of methoxy groups -OCH3 is 1. The number of esters is 1. The molecule has 0 aliphatic heterocycles. The van der Waals surface area contributed by atoms with E-state index in [2.05, 4.69) is 21.9 Å². The lowest BCUT2D eigenvalue weighted by Crippen LogP contribution is -2.27. The fraction of sp³-hybridized carbons (Fsp3) is 0.263. The molecule has 5 nitrogen and oxygen atoms in total. The number of anilines is 2. The van der Waals surface area contributed by atoms with Gasteiger partial charge in [-0.15, -0.1) is 0 Å². The number of carbonyl (C=O) groups excluding carboxylic acids is 2. The van der Waals surface area contributed by atoms with E-state index in [1.54, 1.807) is 24.3 Å². The molecule has 0 aliphatic rings. The van der Waals surface area contributed by atoms with E-state index in [0.29, 0.717) is 24.2 Å². The average Bonchev–Trinajstić information content (AvgIpc) is 2.63. The van der Waals surface area contributed by atoms with E-state index in [9.17, 15) is 9.59 Å². The van der Waals surface area contributed by atoms with E-state index in [1.807, 2.05) is 30.3 Å². The highest BCUT2D eigenvalue weighted by Crippen LogP contribution is 2.14. The van der Waals surface area contributed by atoms with Gasteiger partial charge in [0.1, 0.15) is 0 Å². The molecule has 2 aromatic carbocycles. The van der Waals surface area contributed by atoms with Crippen LogP contribution in [0.2, 0.25) is 0 Å². The summed E-state index contributed by atoms with van der Waals surface area (Å²) in [6.45, 7) is 3.55. The monoisotopic (exact) mass is 326 g/mol. The smallest absolute Gasteiger partial charge is 0.337 e. The molecule has 0 bridgehead atoms. The number of para-hydroxylation sites is 1. The van der Waals surface area contributed by atoms with Crippen molar-refractivity contribution >= 4 is 23.3 Å². The number of benzene rings is 2. The molecule has 5 heteroatoms. The zero-order chi connectivity index (χ0) is 17.4. The Kier molecular flexibility index (Phi) is 6.37. The quantitative estimate of drug-likeness (QED) is 0.793. The third-order valence-corrected chi connectivity index (χ3v) is 3.70. The third-order valence-electron chi connectivity index (χ3n) is 3.70.